The van der Waals surface area contributed by atoms with Crippen molar-refractivity contribution in [2.24, 2.45) is 7.05 Å². The van der Waals surface area contributed by atoms with E-state index in [-0.39, 0.29) is 11.9 Å². The lowest BCUT2D eigenvalue weighted by molar-refractivity contribution is -0.121. The number of hydrogen-bond donors (Lipinski definition) is 1. The van der Waals surface area contributed by atoms with Gasteiger partial charge >= 0.3 is 0 Å². The average molecular weight is 335 g/mol. The van der Waals surface area contributed by atoms with Crippen LogP contribution in [0.2, 0.25) is 0 Å². The highest BCUT2D eigenvalue weighted by Crippen LogP contribution is 2.26. The number of amides is 1. The molecule has 0 radical (unpaired) electrons. The van der Waals surface area contributed by atoms with Gasteiger partial charge in [-0.25, -0.2) is 4.98 Å². The molecule has 1 aliphatic heterocycles. The zero-order valence-electron chi connectivity index (χ0n) is 14.5. The first-order valence-electron chi connectivity index (χ1n) is 8.57. The molecule has 5 heteroatoms. The highest BCUT2D eigenvalue weighted by molar-refractivity contribution is 5.80. The van der Waals surface area contributed by atoms with Crippen LogP contribution in [0, 0.1) is 0 Å². The molecule has 3 aromatic rings. The van der Waals surface area contributed by atoms with Crippen molar-refractivity contribution in [3.8, 4) is 5.75 Å². The number of nitrogens with zero attached hydrogens (tertiary/aromatic N) is 2. The molecule has 0 spiro atoms. The normalized spacial score (nSPS) is 14.2. The number of hydrogen-bond acceptors (Lipinski definition) is 3. The Balaban J connectivity index is 1.47. The number of aryl methyl sites for hydroxylation is 1. The number of fused-ring (bicyclic) bond motifs is 2. The van der Waals surface area contributed by atoms with Crippen molar-refractivity contribution in [1.82, 2.24) is 14.9 Å². The Bertz CT molecular complexity index is 945. The fourth-order valence-electron chi connectivity index (χ4n) is 3.41. The van der Waals surface area contributed by atoms with Crippen LogP contribution in [0.15, 0.2) is 42.5 Å². The number of carbonyl (C=O) groups is 1. The maximum atomic E-state index is 12.4. The average Bonchev–Trinajstić information content (AvgIpc) is 3.19. The summed E-state index contributed by atoms with van der Waals surface area (Å²) in [5.41, 5.74) is 4.19. The summed E-state index contributed by atoms with van der Waals surface area (Å²) in [5, 5.41) is 3.05. The largest absolute Gasteiger partial charge is 0.493 e. The van der Waals surface area contributed by atoms with Gasteiger partial charge in [-0.15, -0.1) is 0 Å². The van der Waals surface area contributed by atoms with E-state index in [9.17, 15) is 4.79 Å². The van der Waals surface area contributed by atoms with Crippen LogP contribution >= 0.6 is 0 Å². The lowest BCUT2D eigenvalue weighted by atomic mass is 10.1. The molecule has 5 nitrogen and oxygen atoms in total. The number of carbonyl (C=O) groups excluding carboxylic acids is 1. The minimum Gasteiger partial charge on any atom is -0.493 e. The van der Waals surface area contributed by atoms with Crippen molar-refractivity contribution in [1.29, 1.82) is 0 Å². The van der Waals surface area contributed by atoms with Gasteiger partial charge in [-0.05, 0) is 36.2 Å². The summed E-state index contributed by atoms with van der Waals surface area (Å²) in [7, 11) is 1.98. The number of aromatic nitrogens is 2. The van der Waals surface area contributed by atoms with Crippen molar-refractivity contribution in [3.63, 3.8) is 0 Å². The fraction of sp³-hybridized carbons (Fsp3) is 0.300. The molecule has 25 heavy (non-hydrogen) atoms. The number of nitrogens with one attached hydrogen (secondary N) is 1. The Morgan fingerprint density at radius 2 is 2.16 bits per heavy atom. The molecule has 1 amide bonds. The van der Waals surface area contributed by atoms with Crippen LogP contribution in [0.4, 0.5) is 0 Å². The van der Waals surface area contributed by atoms with E-state index >= 15 is 0 Å². The van der Waals surface area contributed by atoms with Gasteiger partial charge in [0.15, 0.2) is 0 Å². The first-order valence-corrected chi connectivity index (χ1v) is 8.57. The molecule has 2 heterocycles. The summed E-state index contributed by atoms with van der Waals surface area (Å²) in [6.45, 7) is 2.69. The van der Waals surface area contributed by atoms with Crippen LogP contribution in [0.5, 0.6) is 5.75 Å². The van der Waals surface area contributed by atoms with Crippen molar-refractivity contribution < 1.29 is 9.53 Å². The second-order valence-corrected chi connectivity index (χ2v) is 6.52. The van der Waals surface area contributed by atoms with Crippen molar-refractivity contribution in [3.05, 3.63) is 59.4 Å². The van der Waals surface area contributed by atoms with E-state index in [2.05, 4.69) is 16.4 Å². The quantitative estimate of drug-likeness (QED) is 0.797. The predicted octanol–water partition coefficient (Wildman–Crippen LogP) is 2.93. The van der Waals surface area contributed by atoms with Gasteiger partial charge < -0.3 is 14.6 Å². The van der Waals surface area contributed by atoms with Crippen molar-refractivity contribution in [2.75, 3.05) is 6.61 Å². The third-order valence-corrected chi connectivity index (χ3v) is 4.71. The van der Waals surface area contributed by atoms with Gasteiger partial charge in [0, 0.05) is 13.5 Å². The summed E-state index contributed by atoms with van der Waals surface area (Å²) in [6.07, 6.45) is 1.29. The van der Waals surface area contributed by atoms with Crippen LogP contribution < -0.4 is 10.1 Å². The van der Waals surface area contributed by atoms with Crippen LogP contribution in [0.25, 0.3) is 11.0 Å². The molecule has 0 bridgehead atoms. The Hall–Kier alpha value is -2.82. The molecule has 4 rings (SSSR count). The maximum absolute atomic E-state index is 12.4. The number of imidazole rings is 1. The van der Waals surface area contributed by atoms with Gasteiger partial charge in [0.25, 0.3) is 0 Å². The van der Waals surface area contributed by atoms with E-state index in [1.54, 1.807) is 0 Å². The molecule has 0 saturated carbocycles. The monoisotopic (exact) mass is 335 g/mol. The lowest BCUT2D eigenvalue weighted by Gasteiger charge is -2.14. The summed E-state index contributed by atoms with van der Waals surface area (Å²) in [6, 6.07) is 13.9. The summed E-state index contributed by atoms with van der Waals surface area (Å²) >= 11 is 0. The standard InChI is InChI=1S/C20H21N3O2/c1-13(20-22-16-5-3-4-6-17(16)23(20)2)21-19(24)12-14-7-8-15-9-10-25-18(15)11-14/h3-8,11,13H,9-10,12H2,1-2H3,(H,21,24)/t13-/m1/s1. The Labute approximate surface area is 146 Å². The smallest absolute Gasteiger partial charge is 0.224 e. The highest BCUT2D eigenvalue weighted by atomic mass is 16.5. The van der Waals surface area contributed by atoms with E-state index in [0.717, 1.165) is 41.2 Å². The van der Waals surface area contributed by atoms with E-state index in [1.807, 2.05) is 54.9 Å². The van der Waals surface area contributed by atoms with Gasteiger partial charge in [-0.1, -0.05) is 24.3 Å². The topological polar surface area (TPSA) is 56.1 Å². The Kier molecular flexibility index (Phi) is 3.92. The molecule has 2 aromatic carbocycles. The van der Waals surface area contributed by atoms with Crippen LogP contribution in [-0.2, 0) is 24.7 Å². The fourth-order valence-corrected chi connectivity index (χ4v) is 3.41. The molecule has 1 N–H and O–H groups in total. The van der Waals surface area contributed by atoms with Crippen molar-refractivity contribution >= 4 is 16.9 Å². The van der Waals surface area contributed by atoms with Crippen LogP contribution in [0.1, 0.15) is 29.9 Å². The molecule has 0 saturated heterocycles. The number of rotatable bonds is 4. The molecular weight excluding hydrogens is 314 g/mol. The second-order valence-electron chi connectivity index (χ2n) is 6.52. The molecule has 128 valence electrons. The van der Waals surface area contributed by atoms with E-state index in [1.165, 1.54) is 5.56 Å². The first kappa shape index (κ1) is 15.7. The first-order chi connectivity index (χ1) is 12.1. The summed E-state index contributed by atoms with van der Waals surface area (Å²) in [5.74, 6) is 1.75. The van der Waals surface area contributed by atoms with Crippen LogP contribution in [-0.4, -0.2) is 22.1 Å². The third-order valence-electron chi connectivity index (χ3n) is 4.71. The zero-order valence-corrected chi connectivity index (χ0v) is 14.5. The number of para-hydroxylation sites is 2. The third kappa shape index (κ3) is 2.97. The maximum Gasteiger partial charge on any atom is 0.224 e. The molecule has 0 fully saturated rings. The summed E-state index contributed by atoms with van der Waals surface area (Å²) < 4.78 is 7.61. The van der Waals surface area contributed by atoms with E-state index in [0.29, 0.717) is 6.42 Å². The zero-order chi connectivity index (χ0) is 17.4. The molecule has 1 aliphatic rings. The van der Waals surface area contributed by atoms with Gasteiger partial charge in [0.1, 0.15) is 11.6 Å². The predicted molar refractivity (Wildman–Crippen MR) is 96.6 cm³/mol. The van der Waals surface area contributed by atoms with E-state index in [4.69, 9.17) is 4.74 Å². The minimum atomic E-state index is -0.157. The van der Waals surface area contributed by atoms with Gasteiger partial charge in [0.05, 0.1) is 30.1 Å². The van der Waals surface area contributed by atoms with Gasteiger partial charge in [-0.2, -0.15) is 0 Å². The number of ether oxygens (including phenoxy) is 1. The SMILES string of the molecule is C[C@@H](NC(=O)Cc1ccc2c(c1)OCC2)c1nc2ccccc2n1C. The Morgan fingerprint density at radius 3 is 3.00 bits per heavy atom. The number of benzene rings is 2. The van der Waals surface area contributed by atoms with Crippen LogP contribution in [0.3, 0.4) is 0 Å². The minimum absolute atomic E-state index is 0.0162. The van der Waals surface area contributed by atoms with Gasteiger partial charge in [-0.3, -0.25) is 4.79 Å². The molecule has 0 unspecified atom stereocenters. The van der Waals surface area contributed by atoms with E-state index < -0.39 is 0 Å². The molecular formula is C20H21N3O2. The Morgan fingerprint density at radius 1 is 1.32 bits per heavy atom. The van der Waals surface area contributed by atoms with Gasteiger partial charge in [0.2, 0.25) is 5.91 Å². The molecule has 1 aromatic heterocycles. The van der Waals surface area contributed by atoms with Crippen molar-refractivity contribution in [2.45, 2.75) is 25.8 Å². The highest BCUT2D eigenvalue weighted by Gasteiger charge is 2.18. The second kappa shape index (κ2) is 6.24. The lowest BCUT2D eigenvalue weighted by Crippen LogP contribution is -2.29. The molecule has 0 aliphatic carbocycles. The summed E-state index contributed by atoms with van der Waals surface area (Å²) in [4.78, 5) is 17.1. The molecule has 1 atom stereocenters.